The van der Waals surface area contributed by atoms with E-state index >= 15 is 0 Å². The van der Waals surface area contributed by atoms with Gasteiger partial charge in [-0.1, -0.05) is 38.8 Å². The van der Waals surface area contributed by atoms with Gasteiger partial charge in [0.1, 0.15) is 6.04 Å². The lowest BCUT2D eigenvalue weighted by molar-refractivity contribution is -0.123. The van der Waals surface area contributed by atoms with E-state index in [9.17, 15) is 9.59 Å². The smallest absolute Gasteiger partial charge is 0.253 e. The van der Waals surface area contributed by atoms with Gasteiger partial charge in [-0.25, -0.2) is 0 Å². The molecule has 1 rings (SSSR count). The number of carbonyl (C=O) groups excluding carboxylic acids is 2. The number of carbonyl (C=O) groups is 2. The van der Waals surface area contributed by atoms with Gasteiger partial charge in [-0.05, 0) is 65.8 Å². The maximum absolute atomic E-state index is 12.7. The molecule has 0 saturated heterocycles. The van der Waals surface area contributed by atoms with Gasteiger partial charge in [-0.15, -0.1) is 0 Å². The molecule has 0 bridgehead atoms. The fourth-order valence-corrected chi connectivity index (χ4v) is 3.57. The summed E-state index contributed by atoms with van der Waals surface area (Å²) in [6.45, 7) is 6.44. The van der Waals surface area contributed by atoms with Gasteiger partial charge in [0.25, 0.3) is 5.91 Å². The summed E-state index contributed by atoms with van der Waals surface area (Å²) in [5.74, 6) is 1.16. The Balaban J connectivity index is 2.65. The van der Waals surface area contributed by atoms with Crippen molar-refractivity contribution in [2.45, 2.75) is 58.5 Å². The Bertz CT molecular complexity index is 581. The third-order valence-electron chi connectivity index (χ3n) is 4.16. The normalized spacial score (nSPS) is 13.3. The predicted octanol–water partition coefficient (Wildman–Crippen LogP) is 4.63. The van der Waals surface area contributed by atoms with E-state index in [0.29, 0.717) is 17.9 Å². The number of nitrogens with one attached hydrogen (secondary N) is 2. The summed E-state index contributed by atoms with van der Waals surface area (Å²) in [5, 5.41) is 5.95. The molecule has 2 amide bonds. The van der Waals surface area contributed by atoms with Crippen LogP contribution in [-0.4, -0.2) is 35.9 Å². The minimum absolute atomic E-state index is 0.100. The zero-order valence-corrected chi connectivity index (χ0v) is 18.6. The maximum Gasteiger partial charge on any atom is 0.253 e. The van der Waals surface area contributed by atoms with Crippen molar-refractivity contribution in [1.29, 1.82) is 0 Å². The SMILES string of the molecule is CSCCC(NC(=O)c1ccccc1Br)C(=O)NC(C)CCCC(C)C. The van der Waals surface area contributed by atoms with Crippen LogP contribution in [0.4, 0.5) is 0 Å². The van der Waals surface area contributed by atoms with Crippen molar-refractivity contribution in [2.75, 3.05) is 12.0 Å². The first kappa shape index (κ1) is 23.0. The van der Waals surface area contributed by atoms with Gasteiger partial charge in [0.05, 0.1) is 5.56 Å². The Labute approximate surface area is 170 Å². The van der Waals surface area contributed by atoms with Gasteiger partial charge in [-0.2, -0.15) is 11.8 Å². The van der Waals surface area contributed by atoms with E-state index in [1.165, 1.54) is 0 Å². The van der Waals surface area contributed by atoms with Gasteiger partial charge < -0.3 is 10.6 Å². The Morgan fingerprint density at radius 3 is 2.38 bits per heavy atom. The summed E-state index contributed by atoms with van der Waals surface area (Å²) >= 11 is 5.06. The number of amides is 2. The maximum atomic E-state index is 12.7. The van der Waals surface area contributed by atoms with E-state index < -0.39 is 6.04 Å². The van der Waals surface area contributed by atoms with Crippen molar-refractivity contribution in [3.63, 3.8) is 0 Å². The van der Waals surface area contributed by atoms with Crippen molar-refractivity contribution in [2.24, 2.45) is 5.92 Å². The van der Waals surface area contributed by atoms with Crippen LogP contribution in [0.3, 0.4) is 0 Å². The first-order chi connectivity index (χ1) is 12.3. The number of rotatable bonds is 11. The molecule has 1 aromatic rings. The number of thioether (sulfide) groups is 1. The van der Waals surface area contributed by atoms with Gasteiger partial charge in [0.2, 0.25) is 5.91 Å². The lowest BCUT2D eigenvalue weighted by atomic mass is 10.0. The van der Waals surface area contributed by atoms with Crippen LogP contribution in [0, 0.1) is 5.92 Å². The van der Waals surface area contributed by atoms with Crippen LogP contribution in [0.15, 0.2) is 28.7 Å². The van der Waals surface area contributed by atoms with E-state index in [1.54, 1.807) is 17.8 Å². The molecule has 6 heteroatoms. The van der Waals surface area contributed by atoms with Gasteiger partial charge in [-0.3, -0.25) is 9.59 Å². The van der Waals surface area contributed by atoms with Crippen molar-refractivity contribution in [3.8, 4) is 0 Å². The first-order valence-electron chi connectivity index (χ1n) is 9.19. The monoisotopic (exact) mass is 442 g/mol. The lowest BCUT2D eigenvalue weighted by Crippen LogP contribution is -2.49. The fraction of sp³-hybridized carbons (Fsp3) is 0.600. The summed E-state index contributed by atoms with van der Waals surface area (Å²) in [6.07, 6.45) is 5.82. The minimum atomic E-state index is -0.519. The second-order valence-electron chi connectivity index (χ2n) is 7.02. The highest BCUT2D eigenvalue weighted by Crippen LogP contribution is 2.16. The molecule has 0 aromatic heterocycles. The largest absolute Gasteiger partial charge is 0.352 e. The predicted molar refractivity (Wildman–Crippen MR) is 115 cm³/mol. The van der Waals surface area contributed by atoms with E-state index in [-0.39, 0.29) is 17.9 Å². The van der Waals surface area contributed by atoms with Crippen LogP contribution in [0.2, 0.25) is 0 Å². The van der Waals surface area contributed by atoms with Crippen molar-refractivity contribution < 1.29 is 9.59 Å². The zero-order chi connectivity index (χ0) is 19.5. The molecule has 0 spiro atoms. The topological polar surface area (TPSA) is 58.2 Å². The standard InChI is InChI=1S/C20H31BrN2O2S/c1-14(2)8-7-9-15(3)22-20(25)18(12-13-26-4)23-19(24)16-10-5-6-11-17(16)21/h5-6,10-11,14-15,18H,7-9,12-13H2,1-4H3,(H,22,25)(H,23,24). The van der Waals surface area contributed by atoms with Crippen LogP contribution in [0.25, 0.3) is 0 Å². The molecular weight excluding hydrogens is 412 g/mol. The summed E-state index contributed by atoms with van der Waals surface area (Å²) in [4.78, 5) is 25.2. The molecule has 0 aliphatic heterocycles. The van der Waals surface area contributed by atoms with E-state index in [2.05, 4.69) is 40.4 Å². The van der Waals surface area contributed by atoms with Crippen LogP contribution >= 0.6 is 27.7 Å². The molecule has 2 unspecified atom stereocenters. The number of halogens is 1. The molecule has 2 atom stereocenters. The first-order valence-corrected chi connectivity index (χ1v) is 11.4. The third kappa shape index (κ3) is 8.58. The van der Waals surface area contributed by atoms with E-state index in [1.807, 2.05) is 31.4 Å². The Morgan fingerprint density at radius 2 is 1.77 bits per heavy atom. The Morgan fingerprint density at radius 1 is 1.08 bits per heavy atom. The highest BCUT2D eigenvalue weighted by atomic mass is 79.9. The lowest BCUT2D eigenvalue weighted by Gasteiger charge is -2.22. The van der Waals surface area contributed by atoms with Crippen molar-refractivity contribution in [1.82, 2.24) is 10.6 Å². The molecule has 2 N–H and O–H groups in total. The average molecular weight is 443 g/mol. The number of hydrogen-bond donors (Lipinski definition) is 2. The summed E-state index contributed by atoms with van der Waals surface area (Å²) in [6, 6.07) is 6.83. The molecular formula is C20H31BrN2O2S. The molecule has 0 saturated carbocycles. The van der Waals surface area contributed by atoms with Crippen molar-refractivity contribution in [3.05, 3.63) is 34.3 Å². The van der Waals surface area contributed by atoms with Crippen LogP contribution < -0.4 is 10.6 Å². The summed E-state index contributed by atoms with van der Waals surface area (Å²) in [5.41, 5.74) is 0.541. The highest BCUT2D eigenvalue weighted by Gasteiger charge is 2.23. The highest BCUT2D eigenvalue weighted by molar-refractivity contribution is 9.10. The molecule has 1 aromatic carbocycles. The van der Waals surface area contributed by atoms with Gasteiger partial charge >= 0.3 is 0 Å². The number of hydrogen-bond acceptors (Lipinski definition) is 3. The average Bonchev–Trinajstić information content (AvgIpc) is 2.58. The molecule has 146 valence electrons. The Hall–Kier alpha value is -1.01. The van der Waals surface area contributed by atoms with Crippen LogP contribution in [0.5, 0.6) is 0 Å². The molecule has 0 aliphatic carbocycles. The fourth-order valence-electron chi connectivity index (χ4n) is 2.63. The third-order valence-corrected chi connectivity index (χ3v) is 5.49. The van der Waals surface area contributed by atoms with Gasteiger partial charge in [0, 0.05) is 10.5 Å². The van der Waals surface area contributed by atoms with Gasteiger partial charge in [0.15, 0.2) is 0 Å². The molecule has 0 radical (unpaired) electrons. The van der Waals surface area contributed by atoms with Crippen LogP contribution in [-0.2, 0) is 4.79 Å². The van der Waals surface area contributed by atoms with Crippen molar-refractivity contribution >= 4 is 39.5 Å². The van der Waals surface area contributed by atoms with E-state index in [4.69, 9.17) is 0 Å². The minimum Gasteiger partial charge on any atom is -0.352 e. The molecule has 4 nitrogen and oxygen atoms in total. The Kier molecular flexibility index (Phi) is 11.0. The summed E-state index contributed by atoms with van der Waals surface area (Å²) < 4.78 is 0.726. The molecule has 0 fully saturated rings. The van der Waals surface area contributed by atoms with Crippen LogP contribution in [0.1, 0.15) is 56.8 Å². The quantitative estimate of drug-likeness (QED) is 0.524. The molecule has 0 aliphatic rings. The van der Waals surface area contributed by atoms with E-state index in [0.717, 1.165) is 29.5 Å². The second kappa shape index (κ2) is 12.4. The second-order valence-corrected chi connectivity index (χ2v) is 8.86. The summed E-state index contributed by atoms with van der Waals surface area (Å²) in [7, 11) is 0. The number of benzene rings is 1. The molecule has 26 heavy (non-hydrogen) atoms. The molecule has 0 heterocycles. The zero-order valence-electron chi connectivity index (χ0n) is 16.2.